The molecule has 0 aliphatic heterocycles. The molecule has 21 heavy (non-hydrogen) atoms. The van der Waals surface area contributed by atoms with E-state index in [4.69, 9.17) is 0 Å². The first-order chi connectivity index (χ1) is 10.1. The van der Waals surface area contributed by atoms with Gasteiger partial charge in [0.05, 0.1) is 4.92 Å². The van der Waals surface area contributed by atoms with Crippen molar-refractivity contribution in [1.82, 2.24) is 5.32 Å². The van der Waals surface area contributed by atoms with Gasteiger partial charge in [0.2, 0.25) is 5.82 Å². The lowest BCUT2D eigenvalue weighted by atomic mass is 10.1. The van der Waals surface area contributed by atoms with Gasteiger partial charge >= 0.3 is 5.69 Å². The summed E-state index contributed by atoms with van der Waals surface area (Å²) in [4.78, 5) is 9.89. The minimum absolute atomic E-state index is 0.183. The predicted molar refractivity (Wildman–Crippen MR) is 74.9 cm³/mol. The number of nitrogens with zero attached hydrogens (tertiary/aromatic N) is 1. The highest BCUT2D eigenvalue weighted by molar-refractivity contribution is 5.36. The van der Waals surface area contributed by atoms with Crippen molar-refractivity contribution in [3.8, 4) is 0 Å². The van der Waals surface area contributed by atoms with Crippen LogP contribution in [0.2, 0.25) is 0 Å². The molecule has 0 amide bonds. The first-order valence-corrected chi connectivity index (χ1v) is 6.45. The van der Waals surface area contributed by atoms with Crippen LogP contribution in [-0.2, 0) is 13.0 Å². The molecule has 0 bridgehead atoms. The van der Waals surface area contributed by atoms with Crippen LogP contribution in [-0.4, -0.2) is 11.5 Å². The second kappa shape index (κ2) is 6.90. The fourth-order valence-electron chi connectivity index (χ4n) is 1.99. The molecule has 0 spiro atoms. The van der Waals surface area contributed by atoms with Gasteiger partial charge in [0.15, 0.2) is 0 Å². The Morgan fingerprint density at radius 3 is 2.62 bits per heavy atom. The molecule has 0 saturated carbocycles. The van der Waals surface area contributed by atoms with E-state index in [1.807, 2.05) is 0 Å². The molecule has 0 aliphatic rings. The SMILES string of the molecule is O=[N+]([O-])c1cccc(CNCCc2cccc(F)c2)c1F. The first kappa shape index (κ1) is 15.1. The molecule has 0 heterocycles. The van der Waals surface area contributed by atoms with Gasteiger partial charge < -0.3 is 5.32 Å². The van der Waals surface area contributed by atoms with Crippen molar-refractivity contribution in [2.24, 2.45) is 0 Å². The van der Waals surface area contributed by atoms with Crippen molar-refractivity contribution < 1.29 is 13.7 Å². The molecular formula is C15H14F2N2O2. The summed E-state index contributed by atoms with van der Waals surface area (Å²) in [6.45, 7) is 0.703. The Balaban J connectivity index is 1.89. The van der Waals surface area contributed by atoms with Crippen LogP contribution in [0, 0.1) is 21.7 Å². The van der Waals surface area contributed by atoms with Crippen molar-refractivity contribution in [2.75, 3.05) is 6.54 Å². The third-order valence-electron chi connectivity index (χ3n) is 3.05. The van der Waals surface area contributed by atoms with E-state index in [9.17, 15) is 18.9 Å². The Bertz CT molecular complexity index is 647. The zero-order chi connectivity index (χ0) is 15.2. The number of halogens is 2. The summed E-state index contributed by atoms with van der Waals surface area (Å²) < 4.78 is 26.8. The van der Waals surface area contributed by atoms with E-state index in [-0.39, 0.29) is 17.9 Å². The topological polar surface area (TPSA) is 55.2 Å². The lowest BCUT2D eigenvalue weighted by Gasteiger charge is -2.06. The average molecular weight is 292 g/mol. The molecule has 2 aromatic carbocycles. The van der Waals surface area contributed by atoms with E-state index in [1.165, 1.54) is 24.3 Å². The summed E-state index contributed by atoms with van der Waals surface area (Å²) in [6, 6.07) is 10.3. The van der Waals surface area contributed by atoms with Crippen molar-refractivity contribution >= 4 is 5.69 Å². The molecule has 2 rings (SSSR count). The van der Waals surface area contributed by atoms with Gasteiger partial charge in [-0.05, 0) is 30.7 Å². The number of benzene rings is 2. The lowest BCUT2D eigenvalue weighted by molar-refractivity contribution is -0.387. The number of nitro groups is 1. The molecule has 0 atom stereocenters. The largest absolute Gasteiger partial charge is 0.312 e. The number of rotatable bonds is 6. The fourth-order valence-corrected chi connectivity index (χ4v) is 1.99. The summed E-state index contributed by atoms with van der Waals surface area (Å²) in [6.07, 6.45) is 0.592. The van der Waals surface area contributed by atoms with Gasteiger partial charge in [0.25, 0.3) is 0 Å². The molecule has 2 aromatic rings. The van der Waals surface area contributed by atoms with Crippen LogP contribution in [0.4, 0.5) is 14.5 Å². The van der Waals surface area contributed by atoms with Crippen LogP contribution < -0.4 is 5.32 Å². The van der Waals surface area contributed by atoms with Crippen molar-refractivity contribution in [3.63, 3.8) is 0 Å². The summed E-state index contributed by atoms with van der Waals surface area (Å²) in [5.41, 5.74) is 0.546. The summed E-state index contributed by atoms with van der Waals surface area (Å²) in [5, 5.41) is 13.6. The van der Waals surface area contributed by atoms with Crippen LogP contribution in [0.1, 0.15) is 11.1 Å². The predicted octanol–water partition coefficient (Wildman–Crippen LogP) is 3.21. The molecule has 0 aromatic heterocycles. The molecule has 1 N–H and O–H groups in total. The number of hydrogen-bond acceptors (Lipinski definition) is 3. The van der Waals surface area contributed by atoms with E-state index >= 15 is 0 Å². The highest BCUT2D eigenvalue weighted by Gasteiger charge is 2.16. The molecule has 0 radical (unpaired) electrons. The average Bonchev–Trinajstić information content (AvgIpc) is 2.45. The molecule has 0 aliphatic carbocycles. The van der Waals surface area contributed by atoms with Gasteiger partial charge in [-0.3, -0.25) is 10.1 Å². The number of nitrogens with one attached hydrogen (secondary N) is 1. The Morgan fingerprint density at radius 1 is 1.14 bits per heavy atom. The summed E-state index contributed by atoms with van der Waals surface area (Å²) in [7, 11) is 0. The Hall–Kier alpha value is -2.34. The van der Waals surface area contributed by atoms with Gasteiger partial charge in [-0.25, -0.2) is 4.39 Å². The maximum absolute atomic E-state index is 13.8. The Kier molecular flexibility index (Phi) is 4.94. The van der Waals surface area contributed by atoms with Crippen LogP contribution in [0.15, 0.2) is 42.5 Å². The Labute approximate surface area is 120 Å². The van der Waals surface area contributed by atoms with Crippen LogP contribution in [0.3, 0.4) is 0 Å². The first-order valence-electron chi connectivity index (χ1n) is 6.45. The second-order valence-corrected chi connectivity index (χ2v) is 4.56. The monoisotopic (exact) mass is 292 g/mol. The Morgan fingerprint density at radius 2 is 1.90 bits per heavy atom. The minimum atomic E-state index is -0.819. The zero-order valence-electron chi connectivity index (χ0n) is 11.2. The van der Waals surface area contributed by atoms with Gasteiger partial charge in [-0.1, -0.05) is 24.3 Å². The summed E-state index contributed by atoms with van der Waals surface area (Å²) >= 11 is 0. The summed E-state index contributed by atoms with van der Waals surface area (Å²) in [5.74, 6) is -1.11. The molecule has 6 heteroatoms. The maximum Gasteiger partial charge on any atom is 0.305 e. The van der Waals surface area contributed by atoms with Gasteiger partial charge in [0.1, 0.15) is 5.82 Å². The second-order valence-electron chi connectivity index (χ2n) is 4.56. The maximum atomic E-state index is 13.8. The van der Waals surface area contributed by atoms with Gasteiger partial charge in [-0.15, -0.1) is 0 Å². The number of nitro benzene ring substituents is 1. The van der Waals surface area contributed by atoms with Crippen LogP contribution in [0.5, 0.6) is 0 Å². The van der Waals surface area contributed by atoms with Gasteiger partial charge in [-0.2, -0.15) is 4.39 Å². The minimum Gasteiger partial charge on any atom is -0.312 e. The number of hydrogen-bond donors (Lipinski definition) is 1. The third-order valence-corrected chi connectivity index (χ3v) is 3.05. The van der Waals surface area contributed by atoms with Crippen molar-refractivity contribution in [1.29, 1.82) is 0 Å². The molecule has 110 valence electrons. The van der Waals surface area contributed by atoms with E-state index in [2.05, 4.69) is 5.32 Å². The van der Waals surface area contributed by atoms with Crippen LogP contribution in [0.25, 0.3) is 0 Å². The smallest absolute Gasteiger partial charge is 0.305 e. The normalized spacial score (nSPS) is 10.6. The third kappa shape index (κ3) is 4.06. The van der Waals surface area contributed by atoms with Crippen molar-refractivity contribution in [3.05, 3.63) is 75.3 Å². The quantitative estimate of drug-likeness (QED) is 0.505. The molecule has 0 unspecified atom stereocenters. The lowest BCUT2D eigenvalue weighted by Crippen LogP contribution is -2.17. The standard InChI is InChI=1S/C15H14F2N2O2/c16-13-5-1-3-11(9-13)7-8-18-10-12-4-2-6-14(15(12)17)19(20)21/h1-6,9,18H,7-8,10H2. The van der Waals surface area contributed by atoms with E-state index < -0.39 is 16.4 Å². The highest BCUT2D eigenvalue weighted by Crippen LogP contribution is 2.19. The van der Waals surface area contributed by atoms with Crippen LogP contribution >= 0.6 is 0 Å². The molecule has 4 nitrogen and oxygen atoms in total. The molecule has 0 saturated heterocycles. The fraction of sp³-hybridized carbons (Fsp3) is 0.200. The van der Waals surface area contributed by atoms with E-state index in [1.54, 1.807) is 12.1 Å². The molecule has 0 fully saturated rings. The highest BCUT2D eigenvalue weighted by atomic mass is 19.1. The zero-order valence-corrected chi connectivity index (χ0v) is 11.2. The van der Waals surface area contributed by atoms with Crippen molar-refractivity contribution in [2.45, 2.75) is 13.0 Å². The van der Waals surface area contributed by atoms with E-state index in [0.29, 0.717) is 13.0 Å². The van der Waals surface area contributed by atoms with Gasteiger partial charge in [0, 0.05) is 18.2 Å². The molecular weight excluding hydrogens is 278 g/mol. The van der Waals surface area contributed by atoms with E-state index in [0.717, 1.165) is 11.6 Å².